The first-order valence-corrected chi connectivity index (χ1v) is 27.5. The lowest BCUT2D eigenvalue weighted by Crippen LogP contribution is -2.55. The zero-order valence-corrected chi connectivity index (χ0v) is 42.3. The minimum absolute atomic E-state index is 0.00884. The highest BCUT2D eigenvalue weighted by molar-refractivity contribution is 7.90. The van der Waals surface area contributed by atoms with Crippen molar-refractivity contribution in [3.8, 4) is 11.6 Å². The number of aromatic amines is 1. The van der Waals surface area contributed by atoms with Crippen molar-refractivity contribution in [2.45, 2.75) is 113 Å². The lowest BCUT2D eigenvalue weighted by molar-refractivity contribution is -0.384. The second kappa shape index (κ2) is 18.3. The summed E-state index contributed by atoms with van der Waals surface area (Å²) in [6.07, 6.45) is 10.9. The minimum Gasteiger partial charge on any atom is -0.489 e. The molecule has 384 valence electrons. The molecule has 5 aliphatic heterocycles. The van der Waals surface area contributed by atoms with E-state index < -0.39 is 37.0 Å². The van der Waals surface area contributed by atoms with E-state index in [1.807, 2.05) is 36.1 Å². The van der Waals surface area contributed by atoms with Gasteiger partial charge in [0, 0.05) is 67.0 Å². The molecule has 4 atom stereocenters. The van der Waals surface area contributed by atoms with Gasteiger partial charge < -0.3 is 39.4 Å². The van der Waals surface area contributed by atoms with Crippen LogP contribution in [0.4, 0.5) is 28.4 Å². The SMILES string of the molecule is C=C(C)c1ccccc1[C@@H]1CCCN1C1CC2(CCN(c3ccc(C(=O)NS(=O)(=O)c4cc5c(c([N+](=O)[O-])c4)N[C@H](C4CCC(C)(O)CC4)CO5)c(N4C[C@@H]5COC[C@H]5Oc5nc6[nH]ccc6cc54)c3)CC2)C1. The largest absolute Gasteiger partial charge is 0.489 e. The number of carbonyl (C=O) groups is 1. The summed E-state index contributed by atoms with van der Waals surface area (Å²) in [5.74, 6) is -0.524. The Morgan fingerprint density at radius 3 is 2.52 bits per heavy atom. The molecule has 1 amide bonds. The van der Waals surface area contributed by atoms with Crippen molar-refractivity contribution >= 4 is 61.0 Å². The number of allylic oxidation sites excluding steroid dienone is 1. The Kier molecular flexibility index (Phi) is 12.0. The number of nitrogens with one attached hydrogen (secondary N) is 3. The van der Waals surface area contributed by atoms with Crippen molar-refractivity contribution < 1.29 is 37.5 Å². The smallest absolute Gasteiger partial charge is 0.297 e. The number of nitro benzene ring substituents is 1. The Morgan fingerprint density at radius 1 is 0.945 bits per heavy atom. The molecule has 1 spiro atoms. The number of nitrogens with zero attached hydrogens (tertiary/aromatic N) is 5. The zero-order valence-electron chi connectivity index (χ0n) is 41.5. The number of H-pyrrole nitrogens is 1. The van der Waals surface area contributed by atoms with Crippen LogP contribution in [-0.4, -0.2) is 109 Å². The number of sulfonamides is 1. The lowest BCUT2D eigenvalue weighted by Gasteiger charge is -2.56. The van der Waals surface area contributed by atoms with E-state index in [1.165, 1.54) is 36.5 Å². The molecule has 17 nitrogen and oxygen atoms in total. The molecule has 7 aliphatic rings. The number of anilines is 4. The van der Waals surface area contributed by atoms with Gasteiger partial charge in [0.15, 0.2) is 11.4 Å². The molecule has 12 rings (SSSR count). The summed E-state index contributed by atoms with van der Waals surface area (Å²) in [6.45, 7) is 12.3. The van der Waals surface area contributed by atoms with E-state index in [0.717, 1.165) is 61.6 Å². The number of hydrogen-bond donors (Lipinski definition) is 4. The Bertz CT molecular complexity index is 3110. The first-order chi connectivity index (χ1) is 35.1. The Labute approximate surface area is 425 Å². The average molecular weight is 1010 g/mol. The highest BCUT2D eigenvalue weighted by atomic mass is 32.2. The molecule has 73 heavy (non-hydrogen) atoms. The van der Waals surface area contributed by atoms with Crippen molar-refractivity contribution in [3.63, 3.8) is 0 Å². The van der Waals surface area contributed by atoms with Gasteiger partial charge in [-0.3, -0.25) is 19.8 Å². The van der Waals surface area contributed by atoms with Crippen LogP contribution in [0.15, 0.2) is 84.4 Å². The first-order valence-electron chi connectivity index (χ1n) is 26.0. The van der Waals surface area contributed by atoms with Gasteiger partial charge in [-0.05, 0) is 137 Å². The fourth-order valence-corrected chi connectivity index (χ4v) is 14.2. The monoisotopic (exact) mass is 1010 g/mol. The van der Waals surface area contributed by atoms with Gasteiger partial charge in [-0.25, -0.2) is 13.1 Å². The van der Waals surface area contributed by atoms with E-state index in [-0.39, 0.29) is 53.0 Å². The first kappa shape index (κ1) is 47.8. The van der Waals surface area contributed by atoms with Gasteiger partial charge in [0.25, 0.3) is 21.6 Å². The number of amides is 1. The number of ether oxygens (including phenoxy) is 3. The molecule has 3 saturated heterocycles. The van der Waals surface area contributed by atoms with Crippen LogP contribution in [0.2, 0.25) is 0 Å². The zero-order chi connectivity index (χ0) is 50.4. The van der Waals surface area contributed by atoms with Gasteiger partial charge in [-0.1, -0.05) is 36.4 Å². The Hall–Kier alpha value is -6.21. The number of piperidine rings is 1. The molecule has 2 aliphatic carbocycles. The highest BCUT2D eigenvalue weighted by Gasteiger charge is 2.50. The average Bonchev–Trinajstić information content (AvgIpc) is 4.14. The maximum atomic E-state index is 14.8. The third-order valence-corrected chi connectivity index (χ3v) is 18.7. The summed E-state index contributed by atoms with van der Waals surface area (Å²) in [5, 5.41) is 27.2. The molecule has 0 bridgehead atoms. The predicted octanol–water partition coefficient (Wildman–Crippen LogP) is 8.87. The third kappa shape index (κ3) is 8.86. The molecule has 4 N–H and O–H groups in total. The fourth-order valence-electron chi connectivity index (χ4n) is 13.2. The number of hydrogen-bond acceptors (Lipinski definition) is 14. The van der Waals surface area contributed by atoms with E-state index in [1.54, 1.807) is 12.3 Å². The number of aromatic nitrogens is 2. The van der Waals surface area contributed by atoms with Gasteiger partial charge in [-0.2, -0.15) is 4.98 Å². The predicted molar refractivity (Wildman–Crippen MR) is 278 cm³/mol. The minimum atomic E-state index is -4.71. The third-order valence-electron chi connectivity index (χ3n) is 17.4. The van der Waals surface area contributed by atoms with Gasteiger partial charge in [0.1, 0.15) is 24.0 Å². The quantitative estimate of drug-likeness (QED) is 0.0763. The molecule has 2 aromatic heterocycles. The topological polar surface area (TPSA) is 205 Å². The van der Waals surface area contributed by atoms with E-state index >= 15 is 0 Å². The second-order valence-corrected chi connectivity index (χ2v) is 23.9. The van der Waals surface area contributed by atoms with Crippen LogP contribution in [0.3, 0.4) is 0 Å². The van der Waals surface area contributed by atoms with E-state index in [9.17, 15) is 28.4 Å². The molecule has 5 fully saturated rings. The standard InChI is InChI=1S/C55H64N8O9S/c1-33(2)40-7-4-5-8-41(40)44-9-6-20-61(44)38-27-55(28-38)17-21-60(22-18-55)37-10-11-42(45(24-37)62-29-36-30-70-32-49(36)72-53-47(62)23-35-14-19-56-51(35)58-53)52(64)59-73(68,69)39-25-46(63(66)67)50-48(26-39)71-31-43(57-50)34-12-15-54(3,65)16-13-34/h4-5,7-8,10-11,14,19,23-26,34,36,38,43-44,49,57,65H,1,6,9,12-13,15-18,20-22,27-32H2,2-3H3,(H,56,58)(H,59,64)/t34?,36-,43+,44+,49-,54?/m1/s1. The number of pyridine rings is 1. The molecular weight excluding hydrogens is 949 g/mol. The number of fused-ring (bicyclic) bond motifs is 4. The lowest BCUT2D eigenvalue weighted by atomic mass is 9.59. The van der Waals surface area contributed by atoms with Crippen LogP contribution in [-0.2, 0) is 14.8 Å². The van der Waals surface area contributed by atoms with Crippen LogP contribution in [0.5, 0.6) is 11.6 Å². The van der Waals surface area contributed by atoms with Crippen molar-refractivity contribution in [1.29, 1.82) is 0 Å². The summed E-state index contributed by atoms with van der Waals surface area (Å²) >= 11 is 0. The fraction of sp³-hybridized carbons (Fsp3) is 0.491. The molecule has 7 heterocycles. The molecule has 3 aromatic carbocycles. The van der Waals surface area contributed by atoms with Crippen molar-refractivity contribution in [2.24, 2.45) is 17.3 Å². The van der Waals surface area contributed by atoms with Crippen molar-refractivity contribution in [1.82, 2.24) is 19.6 Å². The van der Waals surface area contributed by atoms with Gasteiger partial charge in [0.2, 0.25) is 5.88 Å². The second-order valence-electron chi connectivity index (χ2n) is 22.2. The van der Waals surface area contributed by atoms with Gasteiger partial charge in [-0.15, -0.1) is 0 Å². The van der Waals surface area contributed by atoms with E-state index in [2.05, 4.69) is 62.6 Å². The maximum Gasteiger partial charge on any atom is 0.297 e. The molecule has 18 heteroatoms. The van der Waals surface area contributed by atoms with Crippen LogP contribution >= 0.6 is 0 Å². The van der Waals surface area contributed by atoms with Crippen LogP contribution < -0.4 is 29.3 Å². The Balaban J connectivity index is 0.827. The number of benzene rings is 3. The van der Waals surface area contributed by atoms with Crippen LogP contribution in [0.25, 0.3) is 16.6 Å². The molecular formula is C55H64N8O9S. The number of carbonyl (C=O) groups excluding carboxylic acids is 1. The van der Waals surface area contributed by atoms with E-state index in [4.69, 9.17) is 19.2 Å². The highest BCUT2D eigenvalue weighted by Crippen LogP contribution is 2.55. The number of aliphatic hydroxyl groups is 1. The van der Waals surface area contributed by atoms with Gasteiger partial charge >= 0.3 is 0 Å². The van der Waals surface area contributed by atoms with Crippen LogP contribution in [0, 0.1) is 27.4 Å². The summed E-state index contributed by atoms with van der Waals surface area (Å²) in [4.78, 5) is 41.4. The number of nitro groups is 1. The Morgan fingerprint density at radius 2 is 1.74 bits per heavy atom. The summed E-state index contributed by atoms with van der Waals surface area (Å²) < 4.78 is 49.6. The van der Waals surface area contributed by atoms with Gasteiger partial charge in [0.05, 0.1) is 45.9 Å². The number of likely N-dealkylation sites (tertiary alicyclic amines) is 1. The molecule has 5 aromatic rings. The summed E-state index contributed by atoms with van der Waals surface area (Å²) in [7, 11) is -4.71. The summed E-state index contributed by atoms with van der Waals surface area (Å²) in [5.41, 5.74) is 5.62. The normalized spacial score (nSPS) is 26.9. The van der Waals surface area contributed by atoms with Crippen molar-refractivity contribution in [3.05, 3.63) is 106 Å². The maximum absolute atomic E-state index is 14.8. The molecule has 0 radical (unpaired) electrons. The van der Waals surface area contributed by atoms with E-state index in [0.29, 0.717) is 80.4 Å². The molecule has 2 saturated carbocycles. The van der Waals surface area contributed by atoms with Crippen molar-refractivity contribution in [2.75, 3.05) is 61.1 Å². The van der Waals surface area contributed by atoms with Crippen LogP contribution in [0.1, 0.15) is 106 Å². The number of rotatable bonds is 10. The summed E-state index contributed by atoms with van der Waals surface area (Å²) in [6, 6.07) is 21.1. The molecule has 0 unspecified atom stereocenters.